The first kappa shape index (κ1) is 18.6. The number of methoxy groups -OCH3 is 1. The van der Waals surface area contributed by atoms with Crippen molar-refractivity contribution in [2.24, 2.45) is 0 Å². The Kier molecular flexibility index (Phi) is 5.86. The van der Waals surface area contributed by atoms with Crippen molar-refractivity contribution in [3.8, 4) is 0 Å². The molecular formula is C21H21FN2O3. The van der Waals surface area contributed by atoms with E-state index in [1.54, 1.807) is 53.5 Å². The molecule has 140 valence electrons. The van der Waals surface area contributed by atoms with Crippen LogP contribution in [0, 0.1) is 5.82 Å². The van der Waals surface area contributed by atoms with Gasteiger partial charge >= 0.3 is 5.97 Å². The molecule has 1 heterocycles. The number of ether oxygens (including phenoxy) is 1. The quantitative estimate of drug-likeness (QED) is 0.615. The number of carbonyl (C=O) groups is 2. The zero-order valence-electron chi connectivity index (χ0n) is 15.1. The molecule has 0 bridgehead atoms. The summed E-state index contributed by atoms with van der Waals surface area (Å²) in [5.74, 6) is -0.691. The van der Waals surface area contributed by atoms with Gasteiger partial charge in [-0.3, -0.25) is 4.79 Å². The van der Waals surface area contributed by atoms with Gasteiger partial charge in [-0.25, -0.2) is 9.18 Å². The van der Waals surface area contributed by atoms with E-state index >= 15 is 0 Å². The van der Waals surface area contributed by atoms with Crippen molar-refractivity contribution in [2.45, 2.75) is 0 Å². The average molecular weight is 368 g/mol. The smallest absolute Gasteiger partial charge is 0.337 e. The second-order valence-corrected chi connectivity index (χ2v) is 6.24. The third-order valence-corrected chi connectivity index (χ3v) is 4.53. The molecule has 0 unspecified atom stereocenters. The fourth-order valence-electron chi connectivity index (χ4n) is 2.96. The van der Waals surface area contributed by atoms with Gasteiger partial charge < -0.3 is 14.5 Å². The summed E-state index contributed by atoms with van der Waals surface area (Å²) in [5.41, 5.74) is 2.27. The largest absolute Gasteiger partial charge is 0.465 e. The normalized spacial score (nSPS) is 14.4. The first-order chi connectivity index (χ1) is 13.1. The zero-order chi connectivity index (χ0) is 19.2. The predicted molar refractivity (Wildman–Crippen MR) is 102 cm³/mol. The molecule has 0 saturated carbocycles. The maximum atomic E-state index is 13.0. The first-order valence-corrected chi connectivity index (χ1v) is 8.73. The number of piperazine rings is 1. The molecule has 6 heteroatoms. The Morgan fingerprint density at radius 1 is 0.963 bits per heavy atom. The van der Waals surface area contributed by atoms with Crippen molar-refractivity contribution in [1.82, 2.24) is 4.90 Å². The molecule has 0 radical (unpaired) electrons. The van der Waals surface area contributed by atoms with E-state index in [1.165, 1.54) is 19.2 Å². The van der Waals surface area contributed by atoms with E-state index in [0.717, 1.165) is 11.3 Å². The van der Waals surface area contributed by atoms with Crippen molar-refractivity contribution in [3.63, 3.8) is 0 Å². The van der Waals surface area contributed by atoms with Crippen LogP contribution in [0.15, 0.2) is 54.6 Å². The Morgan fingerprint density at radius 3 is 2.19 bits per heavy atom. The van der Waals surface area contributed by atoms with E-state index in [9.17, 15) is 14.0 Å². The lowest BCUT2D eigenvalue weighted by Gasteiger charge is -2.35. The van der Waals surface area contributed by atoms with Crippen molar-refractivity contribution in [3.05, 3.63) is 71.6 Å². The molecule has 3 rings (SSSR count). The molecule has 1 amide bonds. The SMILES string of the molecule is COC(=O)c1ccc(/C=C/C(=O)N2CCN(c3ccc(F)cc3)CC2)cc1. The summed E-state index contributed by atoms with van der Waals surface area (Å²) in [4.78, 5) is 27.7. The van der Waals surface area contributed by atoms with E-state index in [2.05, 4.69) is 9.64 Å². The highest BCUT2D eigenvalue weighted by Gasteiger charge is 2.19. The molecule has 0 atom stereocenters. The van der Waals surface area contributed by atoms with Crippen molar-refractivity contribution in [1.29, 1.82) is 0 Å². The van der Waals surface area contributed by atoms with Gasteiger partial charge in [-0.15, -0.1) is 0 Å². The maximum Gasteiger partial charge on any atom is 0.337 e. The van der Waals surface area contributed by atoms with Gasteiger partial charge in [-0.05, 0) is 48.0 Å². The highest BCUT2D eigenvalue weighted by Crippen LogP contribution is 2.17. The molecule has 0 aromatic heterocycles. The van der Waals surface area contributed by atoms with Gasteiger partial charge in [0.1, 0.15) is 5.82 Å². The number of amides is 1. The van der Waals surface area contributed by atoms with Crippen LogP contribution in [0.3, 0.4) is 0 Å². The van der Waals surface area contributed by atoms with E-state index in [-0.39, 0.29) is 17.7 Å². The Labute approximate surface area is 157 Å². The number of rotatable bonds is 4. The van der Waals surface area contributed by atoms with Gasteiger partial charge in [-0.1, -0.05) is 12.1 Å². The fourth-order valence-corrected chi connectivity index (χ4v) is 2.96. The predicted octanol–water partition coefficient (Wildman–Crippen LogP) is 2.97. The molecular weight excluding hydrogens is 347 g/mol. The molecule has 1 saturated heterocycles. The minimum absolute atomic E-state index is 0.0502. The minimum Gasteiger partial charge on any atom is -0.465 e. The third-order valence-electron chi connectivity index (χ3n) is 4.53. The van der Waals surface area contributed by atoms with Crippen LogP contribution in [-0.4, -0.2) is 50.1 Å². The molecule has 2 aromatic rings. The minimum atomic E-state index is -0.388. The summed E-state index contributed by atoms with van der Waals surface area (Å²) in [5, 5.41) is 0. The number of hydrogen-bond acceptors (Lipinski definition) is 4. The van der Waals surface area contributed by atoms with Gasteiger partial charge in [0.05, 0.1) is 12.7 Å². The Balaban J connectivity index is 1.54. The molecule has 1 fully saturated rings. The lowest BCUT2D eigenvalue weighted by molar-refractivity contribution is -0.126. The summed E-state index contributed by atoms with van der Waals surface area (Å²) < 4.78 is 17.7. The Morgan fingerprint density at radius 2 is 1.59 bits per heavy atom. The van der Waals surface area contributed by atoms with Gasteiger partial charge in [0.25, 0.3) is 0 Å². The molecule has 5 nitrogen and oxygen atoms in total. The van der Waals surface area contributed by atoms with Crippen LogP contribution in [0.5, 0.6) is 0 Å². The third kappa shape index (κ3) is 4.73. The van der Waals surface area contributed by atoms with E-state index in [0.29, 0.717) is 31.7 Å². The van der Waals surface area contributed by atoms with Crippen LogP contribution in [0.4, 0.5) is 10.1 Å². The van der Waals surface area contributed by atoms with Gasteiger partial charge in [0.2, 0.25) is 5.91 Å². The molecule has 0 spiro atoms. The molecule has 1 aliphatic rings. The second-order valence-electron chi connectivity index (χ2n) is 6.24. The highest BCUT2D eigenvalue weighted by atomic mass is 19.1. The van der Waals surface area contributed by atoms with Gasteiger partial charge in [-0.2, -0.15) is 0 Å². The zero-order valence-corrected chi connectivity index (χ0v) is 15.1. The average Bonchev–Trinajstić information content (AvgIpc) is 2.72. The molecule has 0 N–H and O–H groups in total. The van der Waals surface area contributed by atoms with Crippen LogP contribution in [0.2, 0.25) is 0 Å². The van der Waals surface area contributed by atoms with E-state index in [4.69, 9.17) is 0 Å². The topological polar surface area (TPSA) is 49.9 Å². The number of nitrogens with zero attached hydrogens (tertiary/aromatic N) is 2. The van der Waals surface area contributed by atoms with E-state index < -0.39 is 0 Å². The number of esters is 1. The summed E-state index contributed by atoms with van der Waals surface area (Å²) in [6.45, 7) is 2.64. The maximum absolute atomic E-state index is 13.0. The van der Waals surface area contributed by atoms with E-state index in [1.807, 2.05) is 0 Å². The van der Waals surface area contributed by atoms with Crippen molar-refractivity contribution in [2.75, 3.05) is 38.2 Å². The number of anilines is 1. The molecule has 1 aliphatic heterocycles. The van der Waals surface area contributed by atoms with Crippen molar-refractivity contribution >= 4 is 23.6 Å². The Hall–Kier alpha value is -3.15. The number of benzene rings is 2. The van der Waals surface area contributed by atoms with Gasteiger partial charge in [0, 0.05) is 37.9 Å². The number of carbonyl (C=O) groups excluding carboxylic acids is 2. The fraction of sp³-hybridized carbons (Fsp3) is 0.238. The lowest BCUT2D eigenvalue weighted by atomic mass is 10.1. The Bertz CT molecular complexity index is 824. The molecule has 0 aliphatic carbocycles. The molecule has 27 heavy (non-hydrogen) atoms. The number of hydrogen-bond donors (Lipinski definition) is 0. The standard InChI is InChI=1S/C21H21FN2O3/c1-27-21(26)17-5-2-16(3-6-17)4-11-20(25)24-14-12-23(13-15-24)19-9-7-18(22)8-10-19/h2-11H,12-15H2,1H3/b11-4+. The first-order valence-electron chi connectivity index (χ1n) is 8.73. The monoisotopic (exact) mass is 368 g/mol. The van der Waals surface area contributed by atoms with Crippen LogP contribution >= 0.6 is 0 Å². The summed E-state index contributed by atoms with van der Waals surface area (Å²) in [6.07, 6.45) is 3.27. The van der Waals surface area contributed by atoms with Crippen molar-refractivity contribution < 1.29 is 18.7 Å². The van der Waals surface area contributed by atoms with Crippen LogP contribution in [-0.2, 0) is 9.53 Å². The highest BCUT2D eigenvalue weighted by molar-refractivity contribution is 5.92. The summed E-state index contributed by atoms with van der Waals surface area (Å²) in [6, 6.07) is 13.3. The van der Waals surface area contributed by atoms with Crippen LogP contribution in [0.1, 0.15) is 15.9 Å². The summed E-state index contributed by atoms with van der Waals surface area (Å²) >= 11 is 0. The van der Waals surface area contributed by atoms with Crippen LogP contribution < -0.4 is 4.90 Å². The molecule has 2 aromatic carbocycles. The number of halogens is 1. The second kappa shape index (κ2) is 8.49. The summed E-state index contributed by atoms with van der Waals surface area (Å²) in [7, 11) is 1.34. The lowest BCUT2D eigenvalue weighted by Crippen LogP contribution is -2.48. The van der Waals surface area contributed by atoms with Crippen LogP contribution in [0.25, 0.3) is 6.08 Å². The van der Waals surface area contributed by atoms with Gasteiger partial charge in [0.15, 0.2) is 0 Å².